The molecule has 27 heavy (non-hydrogen) atoms. The van der Waals surface area contributed by atoms with Crippen LogP contribution in [0.1, 0.15) is 0 Å². The van der Waals surface area contributed by atoms with Crippen LogP contribution >= 0.6 is 27.3 Å². The predicted octanol–water partition coefficient (Wildman–Crippen LogP) is 3.00. The summed E-state index contributed by atoms with van der Waals surface area (Å²) in [6, 6.07) is 13.3. The lowest BCUT2D eigenvalue weighted by Crippen LogP contribution is -2.51. The van der Waals surface area contributed by atoms with Crippen LogP contribution in [0.5, 0.6) is 0 Å². The first-order chi connectivity index (χ1) is 12.9. The number of thiophene rings is 1. The Morgan fingerprint density at radius 1 is 1.04 bits per heavy atom. The molecular weight excluding hydrogens is 450 g/mol. The zero-order chi connectivity index (χ0) is 19.0. The molecule has 0 aliphatic carbocycles. The molecule has 0 saturated carbocycles. The van der Waals surface area contributed by atoms with Crippen LogP contribution in [-0.2, 0) is 21.4 Å². The van der Waals surface area contributed by atoms with Crippen LogP contribution in [0.2, 0.25) is 0 Å². The van der Waals surface area contributed by atoms with Gasteiger partial charge in [0, 0.05) is 37.9 Å². The van der Waals surface area contributed by atoms with Crippen molar-refractivity contribution in [2.45, 2.75) is 10.8 Å². The fourth-order valence-electron chi connectivity index (χ4n) is 3.27. The number of amides is 1. The van der Waals surface area contributed by atoms with E-state index in [2.05, 4.69) is 15.9 Å². The lowest BCUT2D eigenvalue weighted by atomic mass is 10.2. The molecule has 3 heterocycles. The average Bonchev–Trinajstić information content (AvgIpc) is 3.29. The standard InChI is InChI=1S/C18H18BrN3O3S2/c19-16-5-6-18(26-16)27(24,25)22-11-9-20(10-12-22)17(23)13-21-8-7-14-3-1-2-4-15(14)21/h1-8H,9-13H2. The minimum Gasteiger partial charge on any atom is -0.339 e. The van der Waals surface area contributed by atoms with Gasteiger partial charge in [0.25, 0.3) is 10.0 Å². The Kier molecular flexibility index (Phi) is 5.11. The highest BCUT2D eigenvalue weighted by molar-refractivity contribution is 9.11. The number of benzene rings is 1. The van der Waals surface area contributed by atoms with Crippen molar-refractivity contribution in [3.8, 4) is 0 Å². The Balaban J connectivity index is 1.41. The number of nitrogens with zero attached hydrogens (tertiary/aromatic N) is 3. The van der Waals surface area contributed by atoms with Gasteiger partial charge >= 0.3 is 0 Å². The second-order valence-electron chi connectivity index (χ2n) is 6.35. The van der Waals surface area contributed by atoms with E-state index >= 15 is 0 Å². The number of fused-ring (bicyclic) bond motifs is 1. The van der Waals surface area contributed by atoms with Gasteiger partial charge in [-0.05, 0) is 45.6 Å². The van der Waals surface area contributed by atoms with Crippen molar-refractivity contribution in [2.24, 2.45) is 0 Å². The maximum atomic E-state index is 12.7. The zero-order valence-corrected chi connectivity index (χ0v) is 17.6. The van der Waals surface area contributed by atoms with Gasteiger partial charge in [-0.25, -0.2) is 8.42 Å². The van der Waals surface area contributed by atoms with Crippen LogP contribution in [0.4, 0.5) is 0 Å². The summed E-state index contributed by atoms with van der Waals surface area (Å²) in [6.07, 6.45) is 1.91. The van der Waals surface area contributed by atoms with E-state index in [9.17, 15) is 13.2 Å². The number of piperazine rings is 1. The molecule has 1 amide bonds. The molecule has 1 saturated heterocycles. The Hall–Kier alpha value is -1.68. The van der Waals surface area contributed by atoms with Gasteiger partial charge in [0.15, 0.2) is 0 Å². The number of rotatable bonds is 4. The predicted molar refractivity (Wildman–Crippen MR) is 109 cm³/mol. The SMILES string of the molecule is O=C(Cn1ccc2ccccc21)N1CCN(S(=O)(=O)c2ccc(Br)s2)CC1. The van der Waals surface area contributed by atoms with Crippen LogP contribution in [0, 0.1) is 0 Å². The summed E-state index contributed by atoms with van der Waals surface area (Å²) in [7, 11) is -3.49. The number of sulfonamides is 1. The highest BCUT2D eigenvalue weighted by Gasteiger charge is 2.31. The van der Waals surface area contributed by atoms with Crippen LogP contribution in [-0.4, -0.2) is 54.3 Å². The maximum absolute atomic E-state index is 12.7. The van der Waals surface area contributed by atoms with E-state index in [1.165, 1.54) is 15.6 Å². The third-order valence-corrected chi connectivity index (χ3v) is 8.71. The lowest BCUT2D eigenvalue weighted by molar-refractivity contribution is -0.132. The van der Waals surface area contributed by atoms with Gasteiger partial charge in [0.1, 0.15) is 10.8 Å². The molecule has 0 bridgehead atoms. The molecule has 1 aliphatic rings. The molecule has 3 aromatic rings. The Morgan fingerprint density at radius 3 is 2.48 bits per heavy atom. The molecule has 1 aromatic carbocycles. The van der Waals surface area contributed by atoms with E-state index < -0.39 is 10.0 Å². The summed E-state index contributed by atoms with van der Waals surface area (Å²) in [4.78, 5) is 14.4. The molecule has 2 aromatic heterocycles. The van der Waals surface area contributed by atoms with Crippen LogP contribution in [0.3, 0.4) is 0 Å². The van der Waals surface area contributed by atoms with Gasteiger partial charge in [-0.15, -0.1) is 11.3 Å². The van der Waals surface area contributed by atoms with E-state index in [1.807, 2.05) is 41.1 Å². The van der Waals surface area contributed by atoms with E-state index in [0.29, 0.717) is 30.4 Å². The van der Waals surface area contributed by atoms with Gasteiger partial charge in [-0.3, -0.25) is 4.79 Å². The highest BCUT2D eigenvalue weighted by Crippen LogP contribution is 2.29. The van der Waals surface area contributed by atoms with Gasteiger partial charge < -0.3 is 9.47 Å². The number of carbonyl (C=O) groups excluding carboxylic acids is 1. The van der Waals surface area contributed by atoms with Crippen molar-refractivity contribution in [1.29, 1.82) is 0 Å². The van der Waals surface area contributed by atoms with Crippen LogP contribution in [0.25, 0.3) is 10.9 Å². The quantitative estimate of drug-likeness (QED) is 0.592. The molecule has 1 aliphatic heterocycles. The maximum Gasteiger partial charge on any atom is 0.252 e. The number of carbonyl (C=O) groups is 1. The first kappa shape index (κ1) is 18.7. The number of para-hydroxylation sites is 1. The molecule has 0 atom stereocenters. The smallest absolute Gasteiger partial charge is 0.252 e. The summed E-state index contributed by atoms with van der Waals surface area (Å²) in [5.41, 5.74) is 1.02. The van der Waals surface area contributed by atoms with Crippen LogP contribution < -0.4 is 0 Å². The number of aromatic nitrogens is 1. The monoisotopic (exact) mass is 467 g/mol. The number of halogens is 1. The minimum atomic E-state index is -3.49. The minimum absolute atomic E-state index is 0.00673. The van der Waals surface area contributed by atoms with E-state index in [0.717, 1.165) is 14.7 Å². The molecule has 1 fully saturated rings. The fraction of sp³-hybridized carbons (Fsp3) is 0.278. The highest BCUT2D eigenvalue weighted by atomic mass is 79.9. The first-order valence-electron chi connectivity index (χ1n) is 8.52. The van der Waals surface area contributed by atoms with E-state index in [1.54, 1.807) is 17.0 Å². The zero-order valence-electron chi connectivity index (χ0n) is 14.4. The Bertz CT molecular complexity index is 1080. The number of hydrogen-bond acceptors (Lipinski definition) is 4. The molecule has 0 radical (unpaired) electrons. The fourth-order valence-corrected chi connectivity index (χ4v) is 6.85. The molecular formula is C18H18BrN3O3S2. The first-order valence-corrected chi connectivity index (χ1v) is 11.6. The summed E-state index contributed by atoms with van der Waals surface area (Å²) < 4.78 is 29.9. The molecule has 0 spiro atoms. The molecule has 4 rings (SSSR count). The second-order valence-corrected chi connectivity index (χ2v) is 11.0. The molecule has 0 unspecified atom stereocenters. The van der Waals surface area contributed by atoms with Crippen molar-refractivity contribution in [3.63, 3.8) is 0 Å². The Morgan fingerprint density at radius 2 is 1.78 bits per heavy atom. The van der Waals surface area contributed by atoms with Gasteiger partial charge in [0.2, 0.25) is 5.91 Å². The van der Waals surface area contributed by atoms with E-state index in [4.69, 9.17) is 0 Å². The summed E-state index contributed by atoms with van der Waals surface area (Å²) >= 11 is 4.51. The van der Waals surface area contributed by atoms with Crippen molar-refractivity contribution in [1.82, 2.24) is 13.8 Å². The van der Waals surface area contributed by atoms with Gasteiger partial charge in [0.05, 0.1) is 3.79 Å². The topological polar surface area (TPSA) is 62.6 Å². The summed E-state index contributed by atoms with van der Waals surface area (Å²) in [5.74, 6) is 0.00673. The number of hydrogen-bond donors (Lipinski definition) is 0. The van der Waals surface area contributed by atoms with Gasteiger partial charge in [-0.2, -0.15) is 4.31 Å². The van der Waals surface area contributed by atoms with Crippen LogP contribution in [0.15, 0.2) is 56.7 Å². The third kappa shape index (κ3) is 3.69. The van der Waals surface area contributed by atoms with Crippen molar-refractivity contribution in [3.05, 3.63) is 52.4 Å². The van der Waals surface area contributed by atoms with Crippen molar-refractivity contribution < 1.29 is 13.2 Å². The summed E-state index contributed by atoms with van der Waals surface area (Å²) in [6.45, 7) is 1.71. The summed E-state index contributed by atoms with van der Waals surface area (Å²) in [5, 5.41) is 1.10. The second kappa shape index (κ2) is 7.38. The van der Waals surface area contributed by atoms with Crippen molar-refractivity contribution >= 4 is 54.1 Å². The molecule has 0 N–H and O–H groups in total. The molecule has 9 heteroatoms. The molecule has 142 valence electrons. The third-order valence-electron chi connectivity index (χ3n) is 4.72. The van der Waals surface area contributed by atoms with E-state index in [-0.39, 0.29) is 12.5 Å². The average molecular weight is 468 g/mol. The normalized spacial score (nSPS) is 16.1. The largest absolute Gasteiger partial charge is 0.339 e. The Labute approximate surface area is 170 Å². The van der Waals surface area contributed by atoms with Crippen molar-refractivity contribution in [2.75, 3.05) is 26.2 Å². The lowest BCUT2D eigenvalue weighted by Gasteiger charge is -2.33. The molecule has 6 nitrogen and oxygen atoms in total. The van der Waals surface area contributed by atoms with Gasteiger partial charge in [-0.1, -0.05) is 18.2 Å².